The number of carbonyl (C=O) groups excluding carboxylic acids is 1. The molecule has 0 spiro atoms. The third-order valence-corrected chi connectivity index (χ3v) is 6.69. The van der Waals surface area contributed by atoms with Gasteiger partial charge in [-0.25, -0.2) is 14.8 Å². The van der Waals surface area contributed by atoms with E-state index in [4.69, 9.17) is 10.5 Å². The fourth-order valence-electron chi connectivity index (χ4n) is 4.94. The molecule has 3 heterocycles. The van der Waals surface area contributed by atoms with Crippen molar-refractivity contribution in [3.05, 3.63) is 83.1 Å². The fourth-order valence-corrected chi connectivity index (χ4v) is 4.94. The van der Waals surface area contributed by atoms with E-state index in [-0.39, 0.29) is 41.5 Å². The molecule has 2 N–H and O–H groups in total. The molecule has 0 unspecified atom stereocenters. The number of hydrogen-bond acceptors (Lipinski definition) is 7. The van der Waals surface area contributed by atoms with E-state index in [1.807, 2.05) is 50.2 Å². The molecule has 39 heavy (non-hydrogen) atoms. The zero-order chi connectivity index (χ0) is 27.5. The summed E-state index contributed by atoms with van der Waals surface area (Å²) in [6.07, 6.45) is 4.49. The van der Waals surface area contributed by atoms with Gasteiger partial charge in [0.1, 0.15) is 35.0 Å². The molecule has 0 aliphatic carbocycles. The molecule has 0 bridgehead atoms. The quantitative estimate of drug-likeness (QED) is 0.285. The molecule has 1 atom stereocenters. The third-order valence-electron chi connectivity index (χ3n) is 6.69. The highest BCUT2D eigenvalue weighted by molar-refractivity contribution is 5.97. The molecule has 0 radical (unpaired) electrons. The summed E-state index contributed by atoms with van der Waals surface area (Å²) in [5, 5.41) is 9.57. The van der Waals surface area contributed by atoms with E-state index in [2.05, 4.69) is 9.97 Å². The number of allylic oxidation sites excluding steroid dienone is 1. The number of benzene rings is 2. The Kier molecular flexibility index (Phi) is 7.14. The minimum atomic E-state index is -0.341. The lowest BCUT2D eigenvalue weighted by Crippen LogP contribution is -2.40. The first kappa shape index (κ1) is 25.7. The molecule has 5 rings (SSSR count). The van der Waals surface area contributed by atoms with E-state index in [1.54, 1.807) is 35.2 Å². The molecule has 1 amide bonds. The minimum Gasteiger partial charge on any atom is -0.457 e. The largest absolute Gasteiger partial charge is 0.457 e. The Balaban J connectivity index is 1.49. The van der Waals surface area contributed by atoms with E-state index in [0.717, 1.165) is 6.42 Å². The highest BCUT2D eigenvalue weighted by Gasteiger charge is 2.32. The SMILES string of the molecule is CC(C)/C=C(/C#N)C(=O)N1CCC[C@H]1Cn1c(=O)n(-c2ccc(Oc3ccccc3)cc2)c2c(N)ncnc21. The molecule has 1 aliphatic rings. The number of nitriles is 1. The van der Waals surface area contributed by atoms with E-state index in [9.17, 15) is 14.9 Å². The molecule has 2 aromatic heterocycles. The number of nitrogens with two attached hydrogens (primary N) is 1. The molecule has 10 heteroatoms. The Morgan fingerprint density at radius 1 is 1.15 bits per heavy atom. The number of hydrogen-bond donors (Lipinski definition) is 1. The molecule has 2 aromatic carbocycles. The summed E-state index contributed by atoms with van der Waals surface area (Å²) >= 11 is 0. The smallest absolute Gasteiger partial charge is 0.335 e. The molecule has 10 nitrogen and oxygen atoms in total. The second-order valence-corrected chi connectivity index (χ2v) is 9.80. The minimum absolute atomic E-state index is 0.0643. The van der Waals surface area contributed by atoms with Crippen molar-refractivity contribution in [1.82, 2.24) is 24.0 Å². The number of nitrogens with zero attached hydrogens (tertiary/aromatic N) is 6. The van der Waals surface area contributed by atoms with Gasteiger partial charge in [-0.15, -0.1) is 0 Å². The third kappa shape index (κ3) is 5.11. The van der Waals surface area contributed by atoms with Crippen LogP contribution in [0.15, 0.2) is 77.4 Å². The van der Waals surface area contributed by atoms with E-state index < -0.39 is 0 Å². The van der Waals surface area contributed by atoms with Gasteiger partial charge >= 0.3 is 5.69 Å². The number of amides is 1. The number of ether oxygens (including phenoxy) is 1. The Hall–Kier alpha value is -4.91. The van der Waals surface area contributed by atoms with Crippen LogP contribution < -0.4 is 16.2 Å². The van der Waals surface area contributed by atoms with Gasteiger partial charge in [0.15, 0.2) is 11.5 Å². The molecule has 0 saturated carbocycles. The van der Waals surface area contributed by atoms with E-state index >= 15 is 0 Å². The first-order valence-corrected chi connectivity index (χ1v) is 12.8. The molecular formula is C29H29N7O3. The highest BCUT2D eigenvalue weighted by atomic mass is 16.5. The number of likely N-dealkylation sites (tertiary alicyclic amines) is 1. The molecule has 1 aliphatic heterocycles. The number of anilines is 1. The van der Waals surface area contributed by atoms with Crippen molar-refractivity contribution in [2.75, 3.05) is 12.3 Å². The number of rotatable bonds is 7. The van der Waals surface area contributed by atoms with Crippen LogP contribution in [0, 0.1) is 17.2 Å². The van der Waals surface area contributed by atoms with Crippen LogP contribution in [0.4, 0.5) is 5.82 Å². The fraction of sp³-hybridized carbons (Fsp3) is 0.276. The molecular weight excluding hydrogens is 494 g/mol. The van der Waals surface area contributed by atoms with Gasteiger partial charge < -0.3 is 15.4 Å². The van der Waals surface area contributed by atoms with Crippen LogP contribution >= 0.6 is 0 Å². The van der Waals surface area contributed by atoms with E-state index in [1.165, 1.54) is 15.5 Å². The molecule has 1 saturated heterocycles. The van der Waals surface area contributed by atoms with Crippen molar-refractivity contribution in [2.24, 2.45) is 5.92 Å². The number of nitrogen functional groups attached to an aromatic ring is 1. The van der Waals surface area contributed by atoms with Gasteiger partial charge in [0.2, 0.25) is 0 Å². The summed E-state index contributed by atoms with van der Waals surface area (Å²) in [4.78, 5) is 37.2. The zero-order valence-corrected chi connectivity index (χ0v) is 21.8. The van der Waals surface area contributed by atoms with Gasteiger partial charge in [0.05, 0.1) is 11.7 Å². The van der Waals surface area contributed by atoms with Crippen LogP contribution in [0.3, 0.4) is 0 Å². The summed E-state index contributed by atoms with van der Waals surface area (Å²) in [5.74, 6) is 1.25. The van der Waals surface area contributed by atoms with Crippen molar-refractivity contribution in [3.63, 3.8) is 0 Å². The van der Waals surface area contributed by atoms with Crippen molar-refractivity contribution in [2.45, 2.75) is 39.3 Å². The Bertz CT molecular complexity index is 1630. The lowest BCUT2D eigenvalue weighted by Gasteiger charge is -2.24. The summed E-state index contributed by atoms with van der Waals surface area (Å²) < 4.78 is 8.91. The first-order chi connectivity index (χ1) is 18.9. The maximum Gasteiger partial charge on any atom is 0.335 e. The predicted octanol–water partition coefficient (Wildman–Crippen LogP) is 4.05. The Morgan fingerprint density at radius 2 is 1.87 bits per heavy atom. The molecule has 198 valence electrons. The standard InChI is InChI=1S/C29H29N7O3/c1-19(2)15-20(16-30)28(37)34-14-6-7-22(34)17-35-27-25(26(31)32-18-33-27)36(29(35)38)21-10-12-24(13-11-21)39-23-8-4-3-5-9-23/h3-5,8-13,15,18-19,22H,6-7,14,17H2,1-2H3,(H2,31,32,33)/b20-15-/t22-/m0/s1. The summed E-state index contributed by atoms with van der Waals surface area (Å²) in [6.45, 7) is 4.59. The number of aromatic nitrogens is 4. The van der Waals surface area contributed by atoms with Crippen molar-refractivity contribution in [1.29, 1.82) is 5.26 Å². The van der Waals surface area contributed by atoms with Gasteiger partial charge in [-0.1, -0.05) is 38.1 Å². The number of carbonyl (C=O) groups is 1. The Labute approximate surface area is 225 Å². The number of imidazole rings is 1. The van der Waals surface area contributed by atoms with Crippen molar-refractivity contribution in [3.8, 4) is 23.3 Å². The first-order valence-electron chi connectivity index (χ1n) is 12.8. The molecule has 4 aromatic rings. The van der Waals surface area contributed by atoms with Crippen molar-refractivity contribution >= 4 is 22.9 Å². The summed E-state index contributed by atoms with van der Waals surface area (Å²) in [7, 11) is 0. The monoisotopic (exact) mass is 523 g/mol. The van der Waals surface area contributed by atoms with Gasteiger partial charge in [-0.2, -0.15) is 5.26 Å². The van der Waals surface area contributed by atoms with Crippen LogP contribution in [0.5, 0.6) is 11.5 Å². The lowest BCUT2D eigenvalue weighted by molar-refractivity contribution is -0.127. The second-order valence-electron chi connectivity index (χ2n) is 9.80. The van der Waals surface area contributed by atoms with Gasteiger partial charge in [0, 0.05) is 13.1 Å². The normalized spacial score (nSPS) is 15.6. The zero-order valence-electron chi connectivity index (χ0n) is 21.8. The second kappa shape index (κ2) is 10.8. The average Bonchev–Trinajstić information content (AvgIpc) is 3.51. The van der Waals surface area contributed by atoms with Crippen LogP contribution in [0.2, 0.25) is 0 Å². The predicted molar refractivity (Wildman–Crippen MR) is 147 cm³/mol. The van der Waals surface area contributed by atoms with Gasteiger partial charge in [0.25, 0.3) is 5.91 Å². The molecule has 1 fully saturated rings. The summed E-state index contributed by atoms with van der Waals surface area (Å²) in [6, 6.07) is 18.3. The van der Waals surface area contributed by atoms with Gasteiger partial charge in [-0.05, 0) is 55.2 Å². The van der Waals surface area contributed by atoms with Crippen LogP contribution in [-0.4, -0.2) is 42.5 Å². The van der Waals surface area contributed by atoms with Crippen molar-refractivity contribution < 1.29 is 9.53 Å². The van der Waals surface area contributed by atoms with Crippen LogP contribution in [0.1, 0.15) is 26.7 Å². The van der Waals surface area contributed by atoms with E-state index in [0.29, 0.717) is 41.3 Å². The van der Waals surface area contributed by atoms with Crippen LogP contribution in [0.25, 0.3) is 16.9 Å². The Morgan fingerprint density at radius 3 is 2.56 bits per heavy atom. The number of para-hydroxylation sites is 1. The maximum absolute atomic E-state index is 13.8. The lowest BCUT2D eigenvalue weighted by atomic mass is 10.1. The topological polar surface area (TPSA) is 132 Å². The maximum atomic E-state index is 13.8. The summed E-state index contributed by atoms with van der Waals surface area (Å²) in [5.41, 5.74) is 7.38. The number of fused-ring (bicyclic) bond motifs is 1. The van der Waals surface area contributed by atoms with Crippen LogP contribution in [-0.2, 0) is 11.3 Å². The van der Waals surface area contributed by atoms with Gasteiger partial charge in [-0.3, -0.25) is 13.9 Å². The highest BCUT2D eigenvalue weighted by Crippen LogP contribution is 2.27. The average molecular weight is 524 g/mol.